The lowest BCUT2D eigenvalue weighted by molar-refractivity contribution is 0.723. The Labute approximate surface area is 264 Å². The molecule has 0 fully saturated rings. The molecule has 0 unspecified atom stereocenters. The van der Waals surface area contributed by atoms with E-state index in [0.29, 0.717) is 0 Å². The third-order valence-electron chi connectivity index (χ3n) is 9.06. The van der Waals surface area contributed by atoms with Crippen molar-refractivity contribution >= 4 is 98.0 Å². The van der Waals surface area contributed by atoms with Crippen LogP contribution in [0.15, 0.2) is 119 Å². The monoisotopic (exact) mass is 628 g/mol. The van der Waals surface area contributed by atoms with Crippen molar-refractivity contribution in [1.82, 2.24) is 0 Å². The molecule has 3 heterocycles. The van der Waals surface area contributed by atoms with Crippen LogP contribution < -0.4 is 0 Å². The van der Waals surface area contributed by atoms with E-state index in [-0.39, 0.29) is 0 Å². The largest absolute Gasteiger partial charge is 0.134 e. The highest BCUT2D eigenvalue weighted by atomic mass is 35.5. The Bertz CT molecular complexity index is 2310. The molecule has 6 aromatic carbocycles. The summed E-state index contributed by atoms with van der Waals surface area (Å²) in [4.78, 5) is 2.55. The molecule has 2 aromatic heterocycles. The first-order valence-electron chi connectivity index (χ1n) is 13.8. The zero-order valence-electron chi connectivity index (χ0n) is 21.9. The van der Waals surface area contributed by atoms with E-state index in [0.717, 1.165) is 20.8 Å². The summed E-state index contributed by atoms with van der Waals surface area (Å²) in [5.74, 6) is 0. The van der Waals surface area contributed by atoms with Gasteiger partial charge in [0.25, 0.3) is 0 Å². The lowest BCUT2D eigenvalue weighted by Gasteiger charge is -2.39. The molecule has 0 saturated heterocycles. The van der Waals surface area contributed by atoms with Gasteiger partial charge in [0.1, 0.15) is 0 Å². The zero-order chi connectivity index (χ0) is 27.7. The van der Waals surface area contributed by atoms with Gasteiger partial charge >= 0.3 is 0 Å². The van der Waals surface area contributed by atoms with Gasteiger partial charge in [0.2, 0.25) is 0 Å². The molecule has 5 heteroatoms. The van der Waals surface area contributed by atoms with E-state index in [2.05, 4.69) is 109 Å². The van der Waals surface area contributed by atoms with Crippen molar-refractivity contribution in [2.45, 2.75) is 15.2 Å². The quantitative estimate of drug-likeness (QED) is 0.161. The predicted molar refractivity (Wildman–Crippen MR) is 184 cm³/mol. The Kier molecular flexibility index (Phi) is 4.84. The normalized spacial score (nSPS) is 14.5. The van der Waals surface area contributed by atoms with Crippen LogP contribution in [0.3, 0.4) is 0 Å². The maximum Gasteiger partial charge on any atom is 0.0737 e. The van der Waals surface area contributed by atoms with Crippen LogP contribution in [0, 0.1) is 0 Å². The molecule has 1 aliphatic carbocycles. The van der Waals surface area contributed by atoms with E-state index in [1.54, 1.807) is 0 Å². The zero-order valence-corrected chi connectivity index (χ0v) is 25.8. The Morgan fingerprint density at radius 1 is 0.476 bits per heavy atom. The topological polar surface area (TPSA) is 0 Å². The van der Waals surface area contributed by atoms with Crippen molar-refractivity contribution < 1.29 is 0 Å². The lowest BCUT2D eigenvalue weighted by atomic mass is 9.67. The molecule has 0 radical (unpaired) electrons. The minimum Gasteiger partial charge on any atom is -0.134 e. The second-order valence-electron chi connectivity index (χ2n) is 11.0. The first-order valence-corrected chi connectivity index (χ1v) is 17.0. The van der Waals surface area contributed by atoms with Crippen molar-refractivity contribution in [2.24, 2.45) is 0 Å². The maximum atomic E-state index is 7.35. The van der Waals surface area contributed by atoms with Gasteiger partial charge in [-0.2, -0.15) is 0 Å². The molecular weight excluding hydrogens is 612 g/mol. The van der Waals surface area contributed by atoms with Gasteiger partial charge in [0, 0.05) is 61.3 Å². The number of halogens is 2. The average Bonchev–Trinajstić information content (AvgIpc) is 3.67. The van der Waals surface area contributed by atoms with Crippen LogP contribution in [-0.2, 0) is 5.41 Å². The van der Waals surface area contributed by atoms with Gasteiger partial charge in [-0.1, -0.05) is 108 Å². The van der Waals surface area contributed by atoms with E-state index in [9.17, 15) is 0 Å². The molecule has 0 bridgehead atoms. The van der Waals surface area contributed by atoms with Crippen molar-refractivity contribution in [3.8, 4) is 11.1 Å². The van der Waals surface area contributed by atoms with Gasteiger partial charge in [-0.15, -0.1) is 22.7 Å². The van der Waals surface area contributed by atoms with Gasteiger partial charge in [0.15, 0.2) is 0 Å². The molecular formula is C37H18Cl2S3. The Balaban J connectivity index is 1.52. The Hall–Kier alpha value is -3.31. The molecule has 1 spiro atoms. The average molecular weight is 630 g/mol. The van der Waals surface area contributed by atoms with Crippen molar-refractivity contribution in [3.05, 3.63) is 141 Å². The highest BCUT2D eigenvalue weighted by molar-refractivity contribution is 7.99. The molecule has 0 amide bonds. The molecule has 10 rings (SSSR count). The first kappa shape index (κ1) is 24.2. The summed E-state index contributed by atoms with van der Waals surface area (Å²) < 4.78 is 5.02. The second kappa shape index (κ2) is 8.41. The second-order valence-corrected chi connectivity index (χ2v) is 15.0. The first-order chi connectivity index (χ1) is 20.7. The summed E-state index contributed by atoms with van der Waals surface area (Å²) in [6.07, 6.45) is 0. The fourth-order valence-electron chi connectivity index (χ4n) is 7.51. The minimum absolute atomic E-state index is 0.537. The maximum absolute atomic E-state index is 7.35. The van der Waals surface area contributed by atoms with Crippen LogP contribution in [0.5, 0.6) is 0 Å². The lowest BCUT2D eigenvalue weighted by Crippen LogP contribution is -2.32. The van der Waals surface area contributed by atoms with E-state index in [1.807, 2.05) is 34.4 Å². The van der Waals surface area contributed by atoms with Gasteiger partial charge in [-0.3, -0.25) is 0 Å². The number of benzene rings is 6. The van der Waals surface area contributed by atoms with Crippen LogP contribution in [0.25, 0.3) is 51.5 Å². The number of fused-ring (bicyclic) bond motifs is 17. The standard InChI is InChI=1S/C37H18Cl2S3/c38-25-17-23-33(35-31(25)19-9-1-5-13-27(19)41-35)34-24(18-26(39)32-20-10-2-6-14-28(20)42-36(32)34)37(23)21-11-3-7-15-29(21)40-30-16-8-4-12-22(30)37/h1-18H. The van der Waals surface area contributed by atoms with E-state index in [4.69, 9.17) is 23.2 Å². The summed E-state index contributed by atoms with van der Waals surface area (Å²) in [5.41, 5.74) is 7.16. The minimum atomic E-state index is -0.537. The van der Waals surface area contributed by atoms with Crippen molar-refractivity contribution in [3.63, 3.8) is 0 Å². The van der Waals surface area contributed by atoms with Crippen LogP contribution in [0.2, 0.25) is 10.0 Å². The third-order valence-corrected chi connectivity index (χ3v) is 13.2. The molecule has 0 N–H and O–H groups in total. The fourth-order valence-corrected chi connectivity index (χ4v) is 12.0. The summed E-state index contributed by atoms with van der Waals surface area (Å²) in [7, 11) is 0. The van der Waals surface area contributed by atoms with Gasteiger partial charge in [0.05, 0.1) is 15.5 Å². The predicted octanol–water partition coefficient (Wildman–Crippen LogP) is 12.6. The van der Waals surface area contributed by atoms with Gasteiger partial charge in [-0.05, 0) is 58.7 Å². The molecule has 2 aliphatic rings. The van der Waals surface area contributed by atoms with Crippen molar-refractivity contribution in [2.75, 3.05) is 0 Å². The SMILES string of the molecule is Clc1cc2c(c3sc4ccccc4c13)-c1c(cc(Cl)c3c1sc1ccccc13)C21c2ccccc2Sc2ccccc21. The third kappa shape index (κ3) is 2.82. The van der Waals surface area contributed by atoms with Crippen LogP contribution in [0.1, 0.15) is 22.3 Å². The van der Waals surface area contributed by atoms with E-state index in [1.165, 1.54) is 72.7 Å². The molecule has 8 aromatic rings. The number of rotatable bonds is 0. The van der Waals surface area contributed by atoms with Gasteiger partial charge < -0.3 is 0 Å². The number of thiophene rings is 2. The van der Waals surface area contributed by atoms with Crippen molar-refractivity contribution in [1.29, 1.82) is 0 Å². The molecule has 0 nitrogen and oxygen atoms in total. The van der Waals surface area contributed by atoms with E-state index >= 15 is 0 Å². The fraction of sp³-hybridized carbons (Fsp3) is 0.0270. The molecule has 198 valence electrons. The number of hydrogen-bond donors (Lipinski definition) is 0. The molecule has 42 heavy (non-hydrogen) atoms. The molecule has 1 aliphatic heterocycles. The smallest absolute Gasteiger partial charge is 0.0737 e. The van der Waals surface area contributed by atoms with Crippen LogP contribution in [-0.4, -0.2) is 0 Å². The molecule has 0 saturated carbocycles. The van der Waals surface area contributed by atoms with Gasteiger partial charge in [-0.25, -0.2) is 0 Å². The summed E-state index contributed by atoms with van der Waals surface area (Å²) in [6, 6.07) is 39.6. The summed E-state index contributed by atoms with van der Waals surface area (Å²) >= 11 is 20.3. The van der Waals surface area contributed by atoms with Crippen LogP contribution in [0.4, 0.5) is 0 Å². The molecule has 0 atom stereocenters. The highest BCUT2D eigenvalue weighted by Gasteiger charge is 2.52. The van der Waals surface area contributed by atoms with E-state index < -0.39 is 5.41 Å². The summed E-state index contributed by atoms with van der Waals surface area (Å²) in [6.45, 7) is 0. The summed E-state index contributed by atoms with van der Waals surface area (Å²) in [5, 5.41) is 6.34. The number of hydrogen-bond acceptors (Lipinski definition) is 3. The highest BCUT2D eigenvalue weighted by Crippen LogP contribution is 2.66. The Morgan fingerprint density at radius 2 is 0.905 bits per heavy atom. The van der Waals surface area contributed by atoms with Crippen LogP contribution >= 0.6 is 57.6 Å². The Morgan fingerprint density at radius 3 is 1.40 bits per heavy atom.